The Hall–Kier alpha value is -3.30. The summed E-state index contributed by atoms with van der Waals surface area (Å²) in [5.74, 6) is -0.335. The minimum absolute atomic E-state index is 0.00744. The number of hydrogen-bond acceptors (Lipinski definition) is 2. The molecule has 0 atom stereocenters. The van der Waals surface area contributed by atoms with E-state index >= 15 is 0 Å². The zero-order valence-electron chi connectivity index (χ0n) is 17.8. The van der Waals surface area contributed by atoms with Crippen LogP contribution in [0.4, 0.5) is 26.3 Å². The summed E-state index contributed by atoms with van der Waals surface area (Å²) in [5.41, 5.74) is -2.08. The number of amides is 1. The lowest BCUT2D eigenvalue weighted by molar-refractivity contribution is -0.143. The van der Waals surface area contributed by atoms with Crippen LogP contribution in [0.15, 0.2) is 55.0 Å². The molecule has 10 heteroatoms. The van der Waals surface area contributed by atoms with Crippen LogP contribution in [0.25, 0.3) is 16.8 Å². The smallest absolute Gasteiger partial charge is 0.348 e. The summed E-state index contributed by atoms with van der Waals surface area (Å²) in [7, 11) is 0. The molecule has 176 valence electrons. The second-order valence-corrected chi connectivity index (χ2v) is 7.48. The lowest BCUT2D eigenvalue weighted by Gasteiger charge is -2.16. The van der Waals surface area contributed by atoms with Crippen LogP contribution in [0.1, 0.15) is 48.3 Å². The molecule has 0 fully saturated rings. The summed E-state index contributed by atoms with van der Waals surface area (Å²) in [6, 6.07) is 7.23. The van der Waals surface area contributed by atoms with E-state index in [2.05, 4.69) is 10.3 Å². The van der Waals surface area contributed by atoms with Crippen molar-refractivity contribution in [3.63, 3.8) is 0 Å². The van der Waals surface area contributed by atoms with Gasteiger partial charge < -0.3 is 5.32 Å². The Morgan fingerprint density at radius 2 is 1.45 bits per heavy atom. The first-order valence-corrected chi connectivity index (χ1v) is 10.2. The zero-order valence-corrected chi connectivity index (χ0v) is 17.8. The molecular weight excluding hydrogens is 448 g/mol. The van der Waals surface area contributed by atoms with E-state index in [1.54, 1.807) is 0 Å². The molecule has 0 bridgehead atoms. The first kappa shape index (κ1) is 24.3. The summed E-state index contributed by atoms with van der Waals surface area (Å²) in [6.07, 6.45) is -5.56. The molecule has 0 spiro atoms. The largest absolute Gasteiger partial charge is 0.416 e. The van der Waals surface area contributed by atoms with Gasteiger partial charge in [-0.3, -0.25) is 9.36 Å². The normalized spacial score (nSPS) is 12.3. The van der Waals surface area contributed by atoms with Crippen molar-refractivity contribution in [1.82, 2.24) is 14.9 Å². The summed E-state index contributed by atoms with van der Waals surface area (Å²) in [5, 5.41) is 2.89. The first-order chi connectivity index (χ1) is 15.4. The number of carbonyl (C=O) groups excluding carboxylic acids is 1. The van der Waals surface area contributed by atoms with E-state index in [-0.39, 0.29) is 34.8 Å². The number of imidazole rings is 1. The van der Waals surface area contributed by atoms with Gasteiger partial charge in [-0.2, -0.15) is 26.3 Å². The summed E-state index contributed by atoms with van der Waals surface area (Å²) < 4.78 is 80.4. The second-order valence-electron chi connectivity index (χ2n) is 7.48. The highest BCUT2D eigenvalue weighted by Crippen LogP contribution is 2.38. The Kier molecular flexibility index (Phi) is 6.85. The molecule has 1 aromatic heterocycles. The van der Waals surface area contributed by atoms with Gasteiger partial charge in [-0.15, -0.1) is 0 Å². The number of nitrogens with zero attached hydrogens (tertiary/aromatic N) is 2. The molecule has 2 aromatic carbocycles. The Morgan fingerprint density at radius 1 is 0.909 bits per heavy atom. The summed E-state index contributed by atoms with van der Waals surface area (Å²) in [4.78, 5) is 16.6. The minimum Gasteiger partial charge on any atom is -0.348 e. The van der Waals surface area contributed by atoms with Crippen LogP contribution < -0.4 is 5.32 Å². The SMILES string of the molecule is CCC(CC)NC(=O)c1cncn1-c1ccc(-c2cc(C(F)(F)F)cc(C(F)(F)F)c2)cc1. The molecule has 33 heavy (non-hydrogen) atoms. The van der Waals surface area contributed by atoms with E-state index in [9.17, 15) is 31.1 Å². The topological polar surface area (TPSA) is 46.9 Å². The van der Waals surface area contributed by atoms with Gasteiger partial charge in [-0.25, -0.2) is 4.98 Å². The average molecular weight is 469 g/mol. The van der Waals surface area contributed by atoms with Crippen LogP contribution in [-0.4, -0.2) is 21.5 Å². The van der Waals surface area contributed by atoms with Crippen LogP contribution in [-0.2, 0) is 12.4 Å². The van der Waals surface area contributed by atoms with Gasteiger partial charge in [0.15, 0.2) is 0 Å². The third-order valence-corrected chi connectivity index (χ3v) is 5.26. The molecule has 0 radical (unpaired) electrons. The molecule has 3 rings (SSSR count). The van der Waals surface area contributed by atoms with Crippen molar-refractivity contribution < 1.29 is 31.1 Å². The molecule has 1 heterocycles. The highest BCUT2D eigenvalue weighted by Gasteiger charge is 2.37. The number of nitrogens with one attached hydrogen (secondary N) is 1. The Balaban J connectivity index is 1.95. The minimum atomic E-state index is -4.93. The Labute approximate surface area is 186 Å². The predicted octanol–water partition coefficient (Wildman–Crippen LogP) is 6.50. The van der Waals surface area contributed by atoms with E-state index in [4.69, 9.17) is 0 Å². The quantitative estimate of drug-likeness (QED) is 0.419. The van der Waals surface area contributed by atoms with E-state index < -0.39 is 23.5 Å². The number of aromatic nitrogens is 2. The van der Waals surface area contributed by atoms with Crippen LogP contribution >= 0.6 is 0 Å². The number of halogens is 6. The first-order valence-electron chi connectivity index (χ1n) is 10.2. The van der Waals surface area contributed by atoms with Gasteiger partial charge in [-0.1, -0.05) is 26.0 Å². The van der Waals surface area contributed by atoms with E-state index in [0.717, 1.165) is 12.8 Å². The van der Waals surface area contributed by atoms with Crippen LogP contribution in [0.3, 0.4) is 0 Å². The molecule has 0 unspecified atom stereocenters. The number of rotatable bonds is 6. The maximum atomic E-state index is 13.1. The molecule has 4 nitrogen and oxygen atoms in total. The van der Waals surface area contributed by atoms with Gasteiger partial charge in [0.1, 0.15) is 5.69 Å². The number of benzene rings is 2. The standard InChI is InChI=1S/C23H21F6N3O/c1-3-18(4-2)31-21(33)20-12-30-13-32(20)19-7-5-14(6-8-19)15-9-16(22(24,25)26)11-17(10-15)23(27,28)29/h5-13,18H,3-4H2,1-2H3,(H,31,33). The van der Waals surface area contributed by atoms with Crippen LogP contribution in [0.2, 0.25) is 0 Å². The lowest BCUT2D eigenvalue weighted by atomic mass is 9.99. The number of alkyl halides is 6. The monoisotopic (exact) mass is 469 g/mol. The third kappa shape index (κ3) is 5.55. The molecule has 1 amide bonds. The average Bonchev–Trinajstić information content (AvgIpc) is 3.26. The Bertz CT molecular complexity index is 1080. The fraction of sp³-hybridized carbons (Fsp3) is 0.304. The van der Waals surface area contributed by atoms with Crippen molar-refractivity contribution in [2.75, 3.05) is 0 Å². The maximum absolute atomic E-state index is 13.1. The van der Waals surface area contributed by atoms with Crippen molar-refractivity contribution >= 4 is 5.91 Å². The predicted molar refractivity (Wildman–Crippen MR) is 111 cm³/mol. The van der Waals surface area contributed by atoms with E-state index in [1.165, 1.54) is 41.4 Å². The van der Waals surface area contributed by atoms with Crippen molar-refractivity contribution in [3.8, 4) is 16.8 Å². The fourth-order valence-electron chi connectivity index (χ4n) is 3.36. The molecule has 0 saturated carbocycles. The van der Waals surface area contributed by atoms with Crippen LogP contribution in [0, 0.1) is 0 Å². The van der Waals surface area contributed by atoms with Crippen molar-refractivity contribution in [2.45, 2.75) is 45.1 Å². The van der Waals surface area contributed by atoms with Gasteiger partial charge in [0.2, 0.25) is 0 Å². The maximum Gasteiger partial charge on any atom is 0.416 e. The highest BCUT2D eigenvalue weighted by atomic mass is 19.4. The molecule has 0 saturated heterocycles. The second kappa shape index (κ2) is 9.29. The van der Waals surface area contributed by atoms with Crippen molar-refractivity contribution in [2.24, 2.45) is 0 Å². The van der Waals surface area contributed by atoms with Gasteiger partial charge in [0, 0.05) is 11.7 Å². The fourth-order valence-corrected chi connectivity index (χ4v) is 3.36. The van der Waals surface area contributed by atoms with Gasteiger partial charge in [0.05, 0.1) is 23.7 Å². The number of carbonyl (C=O) groups is 1. The zero-order chi connectivity index (χ0) is 24.4. The molecule has 0 aliphatic rings. The summed E-state index contributed by atoms with van der Waals surface area (Å²) in [6.45, 7) is 3.89. The molecule has 1 N–H and O–H groups in total. The van der Waals surface area contributed by atoms with E-state index in [1.807, 2.05) is 13.8 Å². The van der Waals surface area contributed by atoms with Crippen LogP contribution in [0.5, 0.6) is 0 Å². The van der Waals surface area contributed by atoms with Crippen molar-refractivity contribution in [3.05, 3.63) is 71.8 Å². The summed E-state index contributed by atoms with van der Waals surface area (Å²) >= 11 is 0. The lowest BCUT2D eigenvalue weighted by Crippen LogP contribution is -2.34. The van der Waals surface area contributed by atoms with Gasteiger partial charge in [0.25, 0.3) is 5.91 Å². The van der Waals surface area contributed by atoms with Gasteiger partial charge in [-0.05, 0) is 54.3 Å². The highest BCUT2D eigenvalue weighted by molar-refractivity contribution is 5.93. The van der Waals surface area contributed by atoms with E-state index in [0.29, 0.717) is 17.8 Å². The van der Waals surface area contributed by atoms with Gasteiger partial charge >= 0.3 is 12.4 Å². The third-order valence-electron chi connectivity index (χ3n) is 5.26. The molecular formula is C23H21F6N3O. The number of hydrogen-bond donors (Lipinski definition) is 1. The Morgan fingerprint density at radius 3 is 1.94 bits per heavy atom. The molecule has 0 aliphatic heterocycles. The molecule has 0 aliphatic carbocycles. The van der Waals surface area contributed by atoms with Crippen molar-refractivity contribution in [1.29, 1.82) is 0 Å². The molecule has 3 aromatic rings.